The van der Waals surface area contributed by atoms with Crippen LogP contribution in [0.1, 0.15) is 34.0 Å². The van der Waals surface area contributed by atoms with Gasteiger partial charge in [-0.3, -0.25) is 14.9 Å². The first-order chi connectivity index (χ1) is 12.3. The molecule has 3 rings (SSSR count). The maximum atomic E-state index is 12.2. The van der Waals surface area contributed by atoms with Gasteiger partial charge in [-0.15, -0.1) is 16.4 Å². The minimum atomic E-state index is -0.661. The summed E-state index contributed by atoms with van der Waals surface area (Å²) >= 11 is 1.71. The zero-order chi connectivity index (χ0) is 18.8. The van der Waals surface area contributed by atoms with E-state index in [1.165, 1.54) is 14.4 Å². The van der Waals surface area contributed by atoms with Crippen LogP contribution in [-0.2, 0) is 22.6 Å². The number of aromatic nitrogens is 3. The molecule has 3 N–H and O–H groups in total. The number of hydrogen-bond acceptors (Lipinski definition) is 6. The van der Waals surface area contributed by atoms with E-state index >= 15 is 0 Å². The largest absolute Gasteiger partial charge is 0.348 e. The van der Waals surface area contributed by atoms with Crippen molar-refractivity contribution in [2.45, 2.75) is 45.8 Å². The van der Waals surface area contributed by atoms with Gasteiger partial charge in [-0.25, -0.2) is 9.48 Å². The van der Waals surface area contributed by atoms with Crippen LogP contribution in [0.4, 0.5) is 4.79 Å². The molecule has 9 nitrogen and oxygen atoms in total. The molecule has 26 heavy (non-hydrogen) atoms. The topological polar surface area (TPSA) is 118 Å². The molecular formula is C16H20N6O3S. The molecule has 138 valence electrons. The second-order valence-corrected chi connectivity index (χ2v) is 7.75. The number of thiophene rings is 1. The summed E-state index contributed by atoms with van der Waals surface area (Å²) in [6.45, 7) is 6.06. The van der Waals surface area contributed by atoms with Crippen LogP contribution in [0.3, 0.4) is 0 Å². The molecule has 4 amide bonds. The monoisotopic (exact) mass is 376 g/mol. The van der Waals surface area contributed by atoms with Crippen LogP contribution in [0.2, 0.25) is 0 Å². The Kier molecular flexibility index (Phi) is 5.03. The van der Waals surface area contributed by atoms with Crippen molar-refractivity contribution in [3.8, 4) is 0 Å². The third kappa shape index (κ3) is 4.07. The Morgan fingerprint density at radius 2 is 2.19 bits per heavy atom. The molecule has 0 bridgehead atoms. The summed E-state index contributed by atoms with van der Waals surface area (Å²) in [5.41, 5.74) is 1.64. The zero-order valence-electron chi connectivity index (χ0n) is 14.7. The molecule has 1 aliphatic rings. The van der Waals surface area contributed by atoms with Gasteiger partial charge < -0.3 is 10.6 Å². The summed E-state index contributed by atoms with van der Waals surface area (Å²) < 4.78 is 1.41. The van der Waals surface area contributed by atoms with Gasteiger partial charge in [0.05, 0.1) is 11.7 Å². The predicted molar refractivity (Wildman–Crippen MR) is 94.5 cm³/mol. The molecule has 2 aromatic rings. The van der Waals surface area contributed by atoms with Crippen molar-refractivity contribution >= 4 is 29.2 Å². The second-order valence-electron chi connectivity index (χ2n) is 6.28. The summed E-state index contributed by atoms with van der Waals surface area (Å²) in [6, 6.07) is 0.818. The lowest BCUT2D eigenvalue weighted by molar-refractivity contribution is -0.122. The molecule has 1 aliphatic heterocycles. The number of hydrogen-bond donors (Lipinski definition) is 3. The maximum Gasteiger partial charge on any atom is 0.322 e. The third-order valence-corrected chi connectivity index (χ3v) is 5.07. The Bertz CT molecular complexity index is 858. The number of imide groups is 1. The van der Waals surface area contributed by atoms with Crippen molar-refractivity contribution in [2.75, 3.05) is 0 Å². The number of carbonyl (C=O) groups excluding carboxylic acids is 3. The highest BCUT2D eigenvalue weighted by molar-refractivity contribution is 7.12. The second kappa shape index (κ2) is 7.24. The van der Waals surface area contributed by atoms with Crippen LogP contribution >= 0.6 is 11.3 Å². The summed E-state index contributed by atoms with van der Waals surface area (Å²) in [6.07, 6.45) is 1.82. The van der Waals surface area contributed by atoms with Crippen LogP contribution in [0.15, 0.2) is 12.3 Å². The number of nitrogens with one attached hydrogen (secondary N) is 3. The van der Waals surface area contributed by atoms with Gasteiger partial charge in [-0.05, 0) is 32.4 Å². The van der Waals surface area contributed by atoms with Crippen molar-refractivity contribution in [1.29, 1.82) is 0 Å². The minimum Gasteiger partial charge on any atom is -0.348 e. The Morgan fingerprint density at radius 3 is 2.81 bits per heavy atom. The molecule has 0 saturated carbocycles. The van der Waals surface area contributed by atoms with E-state index in [0.717, 1.165) is 5.56 Å². The number of aryl methyl sites for hydroxylation is 2. The number of carbonyl (C=O) groups is 3. The zero-order valence-corrected chi connectivity index (χ0v) is 15.5. The maximum absolute atomic E-state index is 12.2. The van der Waals surface area contributed by atoms with Gasteiger partial charge in [0.1, 0.15) is 12.6 Å². The van der Waals surface area contributed by atoms with Crippen molar-refractivity contribution in [3.05, 3.63) is 33.3 Å². The average molecular weight is 376 g/mol. The van der Waals surface area contributed by atoms with Gasteiger partial charge in [-0.2, -0.15) is 0 Å². The molecule has 0 aromatic carbocycles. The third-order valence-electron chi connectivity index (χ3n) is 4.09. The Balaban J connectivity index is 1.55. The molecule has 0 aliphatic carbocycles. The lowest BCUT2D eigenvalue weighted by atomic mass is 10.1. The van der Waals surface area contributed by atoms with Gasteiger partial charge in [-0.1, -0.05) is 5.21 Å². The number of nitrogens with zero attached hydrogens (tertiary/aromatic N) is 3. The van der Waals surface area contributed by atoms with Gasteiger partial charge >= 0.3 is 6.03 Å². The van der Waals surface area contributed by atoms with E-state index in [-0.39, 0.29) is 24.9 Å². The molecule has 0 spiro atoms. The highest BCUT2D eigenvalue weighted by Gasteiger charge is 2.30. The molecule has 1 saturated heterocycles. The number of urea groups is 1. The first kappa shape index (κ1) is 18.1. The number of amides is 4. The van der Waals surface area contributed by atoms with Crippen LogP contribution in [0.25, 0.3) is 0 Å². The molecule has 3 heterocycles. The van der Waals surface area contributed by atoms with Crippen molar-refractivity contribution < 1.29 is 14.4 Å². The van der Waals surface area contributed by atoms with E-state index < -0.39 is 18.0 Å². The van der Waals surface area contributed by atoms with Crippen LogP contribution in [0, 0.1) is 13.8 Å². The van der Waals surface area contributed by atoms with E-state index in [0.29, 0.717) is 5.69 Å². The predicted octanol–water partition coefficient (Wildman–Crippen LogP) is 0.584. The summed E-state index contributed by atoms with van der Waals surface area (Å²) in [5.74, 6) is -0.568. The van der Waals surface area contributed by atoms with Gasteiger partial charge in [0.25, 0.3) is 5.91 Å². The highest BCUT2D eigenvalue weighted by atomic mass is 32.1. The van der Waals surface area contributed by atoms with Crippen LogP contribution in [-0.4, -0.2) is 38.9 Å². The van der Waals surface area contributed by atoms with E-state index in [2.05, 4.69) is 32.3 Å². The summed E-state index contributed by atoms with van der Waals surface area (Å²) in [4.78, 5) is 37.3. The lowest BCUT2D eigenvalue weighted by Crippen LogP contribution is -2.31. The van der Waals surface area contributed by atoms with E-state index in [1.807, 2.05) is 20.8 Å². The lowest BCUT2D eigenvalue weighted by Gasteiger charge is -2.13. The first-order valence-electron chi connectivity index (χ1n) is 8.18. The normalized spacial score (nSPS) is 17.7. The molecular weight excluding hydrogens is 356 g/mol. The summed E-state index contributed by atoms with van der Waals surface area (Å²) in [7, 11) is 0. The minimum absolute atomic E-state index is 0.0305. The smallest absolute Gasteiger partial charge is 0.322 e. The van der Waals surface area contributed by atoms with E-state index in [4.69, 9.17) is 0 Å². The molecule has 1 fully saturated rings. The van der Waals surface area contributed by atoms with Crippen molar-refractivity contribution in [2.24, 2.45) is 0 Å². The molecule has 0 unspecified atom stereocenters. The summed E-state index contributed by atoms with van der Waals surface area (Å²) in [5, 5.41) is 15.5. The highest BCUT2D eigenvalue weighted by Crippen LogP contribution is 2.26. The van der Waals surface area contributed by atoms with Gasteiger partial charge in [0.2, 0.25) is 5.91 Å². The van der Waals surface area contributed by atoms with E-state index in [1.54, 1.807) is 17.5 Å². The van der Waals surface area contributed by atoms with Crippen molar-refractivity contribution in [3.63, 3.8) is 0 Å². The molecule has 2 aromatic heterocycles. The molecule has 0 radical (unpaired) electrons. The molecule has 2 atom stereocenters. The van der Waals surface area contributed by atoms with Crippen LogP contribution < -0.4 is 16.0 Å². The quantitative estimate of drug-likeness (QED) is 0.638. The van der Waals surface area contributed by atoms with E-state index in [9.17, 15) is 14.4 Å². The number of rotatable bonds is 6. The first-order valence-corrected chi connectivity index (χ1v) is 9.00. The average Bonchev–Trinajstić information content (AvgIpc) is 3.20. The Morgan fingerprint density at radius 1 is 1.42 bits per heavy atom. The standard InChI is InChI=1S/C16H20N6O3S/c1-8-4-12(10(3)26-8)9(2)17-14(23)7-22-6-11(20-21-22)5-13-15(24)19-16(25)18-13/h4,6,9,13H,5,7H2,1-3H3,(H,17,23)(H2,18,19,24,25)/t9-,13+/m0/s1. The fourth-order valence-corrected chi connectivity index (χ4v) is 3.94. The Labute approximate surface area is 154 Å². The van der Waals surface area contributed by atoms with Crippen molar-refractivity contribution in [1.82, 2.24) is 30.9 Å². The fourth-order valence-electron chi connectivity index (χ4n) is 2.91. The van der Waals surface area contributed by atoms with Gasteiger partial charge in [0, 0.05) is 22.4 Å². The molecule has 10 heteroatoms. The SMILES string of the molecule is Cc1cc([C@H](C)NC(=O)Cn2cc(C[C@H]3NC(=O)NC3=O)nn2)c(C)s1. The Hall–Kier alpha value is -2.75. The van der Waals surface area contributed by atoms with Gasteiger partial charge in [0.15, 0.2) is 0 Å². The fraction of sp³-hybridized carbons (Fsp3) is 0.438. The van der Waals surface area contributed by atoms with Crippen LogP contribution in [0.5, 0.6) is 0 Å².